The second kappa shape index (κ2) is 9.58. The zero-order valence-corrected chi connectivity index (χ0v) is 15.0. The summed E-state index contributed by atoms with van der Waals surface area (Å²) < 4.78 is 0. The second-order valence-corrected chi connectivity index (χ2v) is 6.55. The van der Waals surface area contributed by atoms with Crippen molar-refractivity contribution in [3.05, 3.63) is 47.9 Å². The summed E-state index contributed by atoms with van der Waals surface area (Å²) in [5.74, 6) is 0. The van der Waals surface area contributed by atoms with Crippen LogP contribution in [0, 0.1) is 0 Å². The van der Waals surface area contributed by atoms with E-state index in [0.717, 1.165) is 39.3 Å². The van der Waals surface area contributed by atoms with Gasteiger partial charge in [-0.1, -0.05) is 12.2 Å². The fourth-order valence-electron chi connectivity index (χ4n) is 2.87. The summed E-state index contributed by atoms with van der Waals surface area (Å²) in [5, 5.41) is 3.20. The smallest absolute Gasteiger partial charge is 0.0363 e. The molecule has 4 nitrogen and oxygen atoms in total. The molecule has 0 aromatic carbocycles. The standard InChI is InChI=1S/C19H32N4/c1-20-10-4-12-22-14-6-18(7-15-22)19-8-16-23(17-9-19)13-5-11-21(2)3/h6-9,14,16,20H,4-5,10-13,15,17H2,1-3H3. The normalized spacial score (nSPS) is 17.7. The Kier molecular flexibility index (Phi) is 7.43. The summed E-state index contributed by atoms with van der Waals surface area (Å²) in [5.41, 5.74) is 2.72. The molecule has 4 heteroatoms. The molecule has 0 aromatic heterocycles. The van der Waals surface area contributed by atoms with E-state index < -0.39 is 0 Å². The lowest BCUT2D eigenvalue weighted by atomic mass is 10.0. The van der Waals surface area contributed by atoms with Gasteiger partial charge >= 0.3 is 0 Å². The molecule has 2 heterocycles. The highest BCUT2D eigenvalue weighted by atomic mass is 15.1. The van der Waals surface area contributed by atoms with Crippen LogP contribution < -0.4 is 5.32 Å². The predicted octanol–water partition coefficient (Wildman–Crippen LogP) is 2.06. The molecule has 2 aliphatic rings. The topological polar surface area (TPSA) is 21.8 Å². The minimum atomic E-state index is 1.02. The number of allylic oxidation sites excluding steroid dienone is 4. The fourth-order valence-corrected chi connectivity index (χ4v) is 2.87. The van der Waals surface area contributed by atoms with Crippen LogP contribution in [0.2, 0.25) is 0 Å². The first kappa shape index (κ1) is 17.8. The second-order valence-electron chi connectivity index (χ2n) is 6.55. The summed E-state index contributed by atoms with van der Waals surface area (Å²) >= 11 is 0. The average Bonchev–Trinajstić information content (AvgIpc) is 2.56. The highest BCUT2D eigenvalue weighted by Crippen LogP contribution is 2.20. The van der Waals surface area contributed by atoms with E-state index in [0.29, 0.717) is 0 Å². The van der Waals surface area contributed by atoms with Crippen LogP contribution in [-0.4, -0.2) is 75.1 Å². The predicted molar refractivity (Wildman–Crippen MR) is 99.3 cm³/mol. The van der Waals surface area contributed by atoms with Crippen molar-refractivity contribution < 1.29 is 0 Å². The maximum absolute atomic E-state index is 3.20. The first-order valence-corrected chi connectivity index (χ1v) is 8.73. The summed E-state index contributed by atoms with van der Waals surface area (Å²) in [4.78, 5) is 7.01. The van der Waals surface area contributed by atoms with Crippen molar-refractivity contribution >= 4 is 0 Å². The van der Waals surface area contributed by atoms with E-state index in [1.807, 2.05) is 7.05 Å². The van der Waals surface area contributed by atoms with Gasteiger partial charge in [-0.25, -0.2) is 0 Å². The third kappa shape index (κ3) is 6.24. The maximum atomic E-state index is 3.20. The SMILES string of the molecule is CNCCCN1C=CC(C2=CCN(CCCN(C)C)C=C2)=CC1. The van der Waals surface area contributed by atoms with Gasteiger partial charge < -0.3 is 20.0 Å². The number of rotatable bonds is 9. The van der Waals surface area contributed by atoms with Gasteiger partial charge in [0.1, 0.15) is 0 Å². The van der Waals surface area contributed by atoms with E-state index in [9.17, 15) is 0 Å². The lowest BCUT2D eigenvalue weighted by Crippen LogP contribution is -2.25. The molecule has 2 aliphatic heterocycles. The Morgan fingerprint density at radius 1 is 0.957 bits per heavy atom. The van der Waals surface area contributed by atoms with E-state index in [1.165, 1.54) is 24.0 Å². The Morgan fingerprint density at radius 3 is 1.96 bits per heavy atom. The molecule has 0 fully saturated rings. The number of hydrogen-bond acceptors (Lipinski definition) is 4. The highest BCUT2D eigenvalue weighted by molar-refractivity contribution is 5.48. The number of nitrogens with zero attached hydrogens (tertiary/aromatic N) is 3. The van der Waals surface area contributed by atoms with Gasteiger partial charge in [-0.2, -0.15) is 0 Å². The van der Waals surface area contributed by atoms with Gasteiger partial charge in [-0.15, -0.1) is 0 Å². The van der Waals surface area contributed by atoms with E-state index in [-0.39, 0.29) is 0 Å². The Labute approximate surface area is 141 Å². The first-order valence-electron chi connectivity index (χ1n) is 8.73. The van der Waals surface area contributed by atoms with Gasteiger partial charge in [0, 0.05) is 26.2 Å². The van der Waals surface area contributed by atoms with Crippen molar-refractivity contribution in [3.8, 4) is 0 Å². The van der Waals surface area contributed by atoms with E-state index in [1.54, 1.807) is 0 Å². The lowest BCUT2D eigenvalue weighted by molar-refractivity contribution is 0.342. The summed E-state index contributed by atoms with van der Waals surface area (Å²) in [7, 11) is 6.28. The third-order valence-corrected chi connectivity index (χ3v) is 4.28. The molecule has 128 valence electrons. The molecule has 0 saturated heterocycles. The molecule has 0 saturated carbocycles. The molecule has 1 N–H and O–H groups in total. The van der Waals surface area contributed by atoms with E-state index >= 15 is 0 Å². The van der Waals surface area contributed by atoms with Crippen LogP contribution >= 0.6 is 0 Å². The van der Waals surface area contributed by atoms with Gasteiger partial charge in [0.05, 0.1) is 0 Å². The third-order valence-electron chi connectivity index (χ3n) is 4.28. The van der Waals surface area contributed by atoms with Crippen LogP contribution in [0.5, 0.6) is 0 Å². The molecule has 23 heavy (non-hydrogen) atoms. The Balaban J connectivity index is 1.74. The van der Waals surface area contributed by atoms with Gasteiger partial charge in [-0.05, 0) is 82.8 Å². The summed E-state index contributed by atoms with van der Waals surface area (Å²) in [6.45, 7) is 6.53. The quantitative estimate of drug-likeness (QED) is 0.657. The Hall–Kier alpha value is -1.52. The Bertz CT molecular complexity index is 474. The van der Waals surface area contributed by atoms with Crippen LogP contribution in [0.3, 0.4) is 0 Å². The molecule has 0 aliphatic carbocycles. The molecule has 0 atom stereocenters. The van der Waals surface area contributed by atoms with Crippen LogP contribution in [0.15, 0.2) is 47.9 Å². The van der Waals surface area contributed by atoms with Crippen molar-refractivity contribution in [1.82, 2.24) is 20.0 Å². The van der Waals surface area contributed by atoms with Gasteiger partial charge in [0.25, 0.3) is 0 Å². The van der Waals surface area contributed by atoms with Crippen molar-refractivity contribution in [2.45, 2.75) is 12.8 Å². The minimum absolute atomic E-state index is 1.02. The number of nitrogens with one attached hydrogen (secondary N) is 1. The van der Waals surface area contributed by atoms with Gasteiger partial charge in [-0.3, -0.25) is 0 Å². The summed E-state index contributed by atoms with van der Waals surface area (Å²) in [6, 6.07) is 0. The average molecular weight is 316 g/mol. The number of hydrogen-bond donors (Lipinski definition) is 1. The molecule has 2 rings (SSSR count). The highest BCUT2D eigenvalue weighted by Gasteiger charge is 2.10. The minimum Gasteiger partial charge on any atom is -0.374 e. The van der Waals surface area contributed by atoms with Crippen LogP contribution in [0.1, 0.15) is 12.8 Å². The van der Waals surface area contributed by atoms with Crippen LogP contribution in [0.4, 0.5) is 0 Å². The van der Waals surface area contributed by atoms with Gasteiger partial charge in [0.15, 0.2) is 0 Å². The van der Waals surface area contributed by atoms with E-state index in [4.69, 9.17) is 0 Å². The molecule has 0 spiro atoms. The molecule has 0 unspecified atom stereocenters. The van der Waals surface area contributed by atoms with Gasteiger partial charge in [0.2, 0.25) is 0 Å². The van der Waals surface area contributed by atoms with E-state index in [2.05, 4.69) is 70.8 Å². The maximum Gasteiger partial charge on any atom is 0.0363 e. The lowest BCUT2D eigenvalue weighted by Gasteiger charge is -2.26. The molecular formula is C19H32N4. The fraction of sp³-hybridized carbons (Fsp3) is 0.579. The first-order chi connectivity index (χ1) is 11.2. The van der Waals surface area contributed by atoms with Crippen molar-refractivity contribution in [2.75, 3.05) is 60.4 Å². The summed E-state index contributed by atoms with van der Waals surface area (Å²) in [6.07, 6.45) is 16.1. The van der Waals surface area contributed by atoms with Crippen molar-refractivity contribution in [2.24, 2.45) is 0 Å². The molecular weight excluding hydrogens is 284 g/mol. The van der Waals surface area contributed by atoms with Crippen LogP contribution in [-0.2, 0) is 0 Å². The molecule has 0 radical (unpaired) electrons. The Morgan fingerprint density at radius 2 is 1.52 bits per heavy atom. The zero-order valence-electron chi connectivity index (χ0n) is 15.0. The monoisotopic (exact) mass is 316 g/mol. The zero-order chi connectivity index (χ0) is 16.5. The molecule has 0 amide bonds. The van der Waals surface area contributed by atoms with Crippen molar-refractivity contribution in [1.29, 1.82) is 0 Å². The largest absolute Gasteiger partial charge is 0.374 e. The van der Waals surface area contributed by atoms with Crippen LogP contribution in [0.25, 0.3) is 0 Å². The molecule has 0 aromatic rings. The molecule has 0 bridgehead atoms. The van der Waals surface area contributed by atoms with Crippen molar-refractivity contribution in [3.63, 3.8) is 0 Å².